The van der Waals surface area contributed by atoms with Crippen LogP contribution in [0.2, 0.25) is 0 Å². The Morgan fingerprint density at radius 2 is 1.78 bits per heavy atom. The fraction of sp³-hybridized carbons (Fsp3) is 0.439. The van der Waals surface area contributed by atoms with E-state index in [0.29, 0.717) is 43.2 Å². The molecule has 0 amide bonds. The smallest absolute Gasteiger partial charge is 0.339 e. The van der Waals surface area contributed by atoms with Gasteiger partial charge >= 0.3 is 5.97 Å². The van der Waals surface area contributed by atoms with Crippen LogP contribution in [0, 0.1) is 19.8 Å². The first-order valence-electron chi connectivity index (χ1n) is 17.4. The van der Waals surface area contributed by atoms with Gasteiger partial charge in [0.15, 0.2) is 11.8 Å². The molecule has 2 unspecified atom stereocenters. The molecule has 0 spiro atoms. The number of fused-ring (bicyclic) bond motifs is 1. The lowest BCUT2D eigenvalue weighted by Crippen LogP contribution is -2.45. The third-order valence-electron chi connectivity index (χ3n) is 9.13. The number of aryl methyl sites for hydroxylation is 2. The van der Waals surface area contributed by atoms with Crippen molar-refractivity contribution in [2.24, 2.45) is 5.92 Å². The van der Waals surface area contributed by atoms with Crippen molar-refractivity contribution in [1.29, 1.82) is 0 Å². The summed E-state index contributed by atoms with van der Waals surface area (Å²) in [5.74, 6) is 1.33. The molecule has 0 saturated carbocycles. The lowest BCUT2D eigenvalue weighted by atomic mass is 9.92. The average Bonchev–Trinajstić information content (AvgIpc) is 3.52. The summed E-state index contributed by atoms with van der Waals surface area (Å²) in [5.41, 5.74) is 5.96. The van der Waals surface area contributed by atoms with Crippen LogP contribution in [0.3, 0.4) is 0 Å². The Balaban J connectivity index is 1.63. The number of hydrogen-bond donors (Lipinski definition) is 0. The quantitative estimate of drug-likeness (QED) is 0.103. The first kappa shape index (κ1) is 36.8. The van der Waals surface area contributed by atoms with Gasteiger partial charge in [-0.2, -0.15) is 9.61 Å². The highest BCUT2D eigenvalue weighted by Gasteiger charge is 2.38. The van der Waals surface area contributed by atoms with E-state index in [-0.39, 0.29) is 11.5 Å². The van der Waals surface area contributed by atoms with Crippen LogP contribution < -0.4 is 9.64 Å². The number of methoxy groups -OCH3 is 1. The van der Waals surface area contributed by atoms with Gasteiger partial charge in [-0.1, -0.05) is 48.9 Å². The summed E-state index contributed by atoms with van der Waals surface area (Å²) in [7, 11) is 1.38. The number of ether oxygens (including phenoxy) is 4. The number of carbonyl (C=O) groups excluding carboxylic acids is 1. The number of carbonyl (C=O) groups is 1. The van der Waals surface area contributed by atoms with Gasteiger partial charge in [0, 0.05) is 41.9 Å². The molecule has 1 aliphatic rings. The van der Waals surface area contributed by atoms with Crippen LogP contribution in [-0.2, 0) is 19.0 Å². The molecule has 9 nitrogen and oxygen atoms in total. The molecule has 5 rings (SSSR count). The van der Waals surface area contributed by atoms with Crippen LogP contribution in [-0.4, -0.2) is 65.2 Å². The van der Waals surface area contributed by atoms with Crippen LogP contribution >= 0.6 is 0 Å². The molecule has 0 N–H and O–H groups in total. The second-order valence-electron chi connectivity index (χ2n) is 14.5. The molecule has 266 valence electrons. The van der Waals surface area contributed by atoms with Crippen molar-refractivity contribution in [1.82, 2.24) is 14.6 Å². The second kappa shape index (κ2) is 15.2. The van der Waals surface area contributed by atoms with Crippen LogP contribution in [0.1, 0.15) is 70.4 Å². The minimum Gasteiger partial charge on any atom is -0.492 e. The highest BCUT2D eigenvalue weighted by molar-refractivity contribution is 5.81. The topological polar surface area (TPSA) is 87.4 Å². The van der Waals surface area contributed by atoms with Crippen molar-refractivity contribution < 1.29 is 23.7 Å². The van der Waals surface area contributed by atoms with Gasteiger partial charge < -0.3 is 23.8 Å². The molecular formula is C41H52N4O5. The lowest BCUT2D eigenvalue weighted by Gasteiger charge is -2.41. The number of nitrogens with zero attached hydrogens (tertiary/aromatic N) is 4. The van der Waals surface area contributed by atoms with E-state index < -0.39 is 17.7 Å². The Kier molecular flexibility index (Phi) is 11.2. The number of aromatic nitrogens is 3. The van der Waals surface area contributed by atoms with Crippen molar-refractivity contribution in [3.05, 3.63) is 90.7 Å². The van der Waals surface area contributed by atoms with Gasteiger partial charge in [-0.25, -0.2) is 9.78 Å². The summed E-state index contributed by atoms with van der Waals surface area (Å²) in [6, 6.07) is 16.6. The largest absolute Gasteiger partial charge is 0.492 e. The fourth-order valence-corrected chi connectivity index (χ4v) is 6.28. The van der Waals surface area contributed by atoms with Crippen molar-refractivity contribution in [2.45, 2.75) is 78.6 Å². The molecule has 1 aliphatic heterocycles. The molecule has 0 bridgehead atoms. The third-order valence-corrected chi connectivity index (χ3v) is 9.13. The monoisotopic (exact) mass is 680 g/mol. The second-order valence-corrected chi connectivity index (χ2v) is 14.5. The normalized spacial score (nSPS) is 15.8. The van der Waals surface area contributed by atoms with Gasteiger partial charge in [0.2, 0.25) is 0 Å². The molecule has 2 atom stereocenters. The number of hydrogen-bond acceptors (Lipinski definition) is 8. The molecule has 2 aromatic carbocycles. The van der Waals surface area contributed by atoms with E-state index in [4.69, 9.17) is 29.0 Å². The Morgan fingerprint density at radius 3 is 2.44 bits per heavy atom. The lowest BCUT2D eigenvalue weighted by molar-refractivity contribution is -0.164. The minimum absolute atomic E-state index is 0.226. The van der Waals surface area contributed by atoms with Gasteiger partial charge in [0.1, 0.15) is 11.6 Å². The molecule has 50 heavy (non-hydrogen) atoms. The van der Waals surface area contributed by atoms with Crippen molar-refractivity contribution >= 4 is 17.4 Å². The van der Waals surface area contributed by atoms with E-state index in [1.165, 1.54) is 7.11 Å². The van der Waals surface area contributed by atoms with Crippen LogP contribution in [0.15, 0.2) is 73.8 Å². The first-order chi connectivity index (χ1) is 23.8. The van der Waals surface area contributed by atoms with Crippen molar-refractivity contribution in [3.8, 4) is 28.1 Å². The highest BCUT2D eigenvalue weighted by atomic mass is 16.6. The molecule has 2 aromatic heterocycles. The number of benzene rings is 2. The number of piperidine rings is 1. The minimum atomic E-state index is -1.00. The van der Waals surface area contributed by atoms with Crippen molar-refractivity contribution in [2.75, 3.05) is 38.3 Å². The maximum atomic E-state index is 13.4. The summed E-state index contributed by atoms with van der Waals surface area (Å²) in [6.45, 7) is 24.1. The van der Waals surface area contributed by atoms with Crippen molar-refractivity contribution in [3.63, 3.8) is 0 Å². The average molecular weight is 681 g/mol. The van der Waals surface area contributed by atoms with Gasteiger partial charge in [0.05, 0.1) is 42.8 Å². The highest BCUT2D eigenvalue weighted by Crippen LogP contribution is 2.39. The number of esters is 1. The van der Waals surface area contributed by atoms with Crippen LogP contribution in [0.25, 0.3) is 28.0 Å². The van der Waals surface area contributed by atoms with E-state index >= 15 is 0 Å². The molecule has 0 radical (unpaired) electrons. The maximum absolute atomic E-state index is 13.4. The Hall–Kier alpha value is -4.47. The third kappa shape index (κ3) is 8.28. The molecule has 0 aliphatic carbocycles. The van der Waals surface area contributed by atoms with E-state index in [1.807, 2.05) is 56.5 Å². The molecule has 1 saturated heterocycles. The maximum Gasteiger partial charge on any atom is 0.339 e. The zero-order valence-corrected chi connectivity index (χ0v) is 30.9. The van der Waals surface area contributed by atoms with E-state index in [0.717, 1.165) is 52.4 Å². The van der Waals surface area contributed by atoms with Gasteiger partial charge in [-0.05, 0) is 78.1 Å². The summed E-state index contributed by atoms with van der Waals surface area (Å²) in [6.07, 6.45) is 4.25. The Morgan fingerprint density at radius 1 is 1.06 bits per heavy atom. The van der Waals surface area contributed by atoms with Crippen LogP contribution in [0.5, 0.6) is 5.75 Å². The standard InChI is InChI=1S/C41H52N4O5/c1-11-22-49-41(9)18-20-44(21-19-41)38-36(37(39(46)47-10)50-40(6,7)8)29(5)42-35-25-33(43-45(35)38)31-15-13-14-30(24-31)32-23-28(4)16-17-34(32)48-26-27(3)12-2/h11-17,23-25,27,37H,1-2,18-22,26H2,3-10H3. The van der Waals surface area contributed by atoms with Gasteiger partial charge in [-0.15, -0.1) is 13.2 Å². The van der Waals surface area contributed by atoms with Gasteiger partial charge in [0.25, 0.3) is 0 Å². The molecule has 3 heterocycles. The summed E-state index contributed by atoms with van der Waals surface area (Å²) in [5, 5.41) is 5.17. The first-order valence-corrected chi connectivity index (χ1v) is 17.4. The zero-order chi connectivity index (χ0) is 36.2. The Labute approximate surface area is 296 Å². The summed E-state index contributed by atoms with van der Waals surface area (Å²) < 4.78 is 26.0. The molecule has 4 aromatic rings. The van der Waals surface area contributed by atoms with E-state index in [9.17, 15) is 4.79 Å². The van der Waals surface area contributed by atoms with E-state index in [2.05, 4.69) is 69.2 Å². The number of rotatable bonds is 13. The zero-order valence-electron chi connectivity index (χ0n) is 30.9. The molecule has 1 fully saturated rings. The van der Waals surface area contributed by atoms with E-state index in [1.54, 1.807) is 6.08 Å². The predicted octanol–water partition coefficient (Wildman–Crippen LogP) is 8.47. The van der Waals surface area contributed by atoms with Gasteiger partial charge in [-0.3, -0.25) is 0 Å². The van der Waals surface area contributed by atoms with Crippen LogP contribution in [0.4, 0.5) is 5.82 Å². The summed E-state index contributed by atoms with van der Waals surface area (Å²) in [4.78, 5) is 20.7. The summed E-state index contributed by atoms with van der Waals surface area (Å²) >= 11 is 0. The SMILES string of the molecule is C=CCOC1(C)CCN(c2c(C(OC(C)(C)C)C(=O)OC)c(C)nc3cc(-c4cccc(-c5cc(C)ccc5OCC(C)C=C)c4)nn23)CC1. The number of anilines is 1. The predicted molar refractivity (Wildman–Crippen MR) is 200 cm³/mol. The molecule has 9 heteroatoms. The Bertz CT molecular complexity index is 1850. The molecular weight excluding hydrogens is 628 g/mol. The fourth-order valence-electron chi connectivity index (χ4n) is 6.28.